The monoisotopic (exact) mass is 380 g/mol. The van der Waals surface area contributed by atoms with E-state index in [2.05, 4.69) is 18.7 Å². The van der Waals surface area contributed by atoms with E-state index in [-0.39, 0.29) is 18.4 Å². The van der Waals surface area contributed by atoms with E-state index < -0.39 is 17.8 Å². The topological polar surface area (TPSA) is 66.9 Å². The minimum absolute atomic E-state index is 0.0781. The average molecular weight is 380 g/mol. The van der Waals surface area contributed by atoms with Gasteiger partial charge in [-0.3, -0.25) is 9.59 Å². The number of thiocarbonyl (C=S) groups is 1. The van der Waals surface area contributed by atoms with Gasteiger partial charge in [0.2, 0.25) is 0 Å². The molecule has 134 valence electrons. The van der Waals surface area contributed by atoms with Crippen LogP contribution in [0.5, 0.6) is 0 Å². The van der Waals surface area contributed by atoms with E-state index in [0.29, 0.717) is 10.8 Å². The van der Waals surface area contributed by atoms with E-state index in [1.165, 1.54) is 0 Å². The fraction of sp³-hybridized carbons (Fsp3) is 0.412. The molecule has 0 radical (unpaired) electrons. The number of carbonyl (C=O) groups excluding carboxylic acids is 3. The Morgan fingerprint density at radius 3 is 2.24 bits per heavy atom. The molecule has 0 aliphatic carbocycles. The molecule has 0 aromatic heterocycles. The molecule has 1 aliphatic rings. The summed E-state index contributed by atoms with van der Waals surface area (Å²) in [5, 5.41) is 0.550. The van der Waals surface area contributed by atoms with Crippen molar-refractivity contribution in [2.24, 2.45) is 0 Å². The highest BCUT2D eigenvalue weighted by Crippen LogP contribution is 2.18. The molecule has 0 N–H and O–H groups in total. The standard InChI is InChI=1S/C17H20N2O4S2/c1-3-18(4-2)17(24)25-11-12-5-7-13(8-6-12)16(22)23-19-14(20)9-10-15(19)21/h5-8H,3-4,9-11H2,1-2H3. The van der Waals surface area contributed by atoms with E-state index in [1.54, 1.807) is 23.9 Å². The summed E-state index contributed by atoms with van der Waals surface area (Å²) >= 11 is 6.96. The van der Waals surface area contributed by atoms with Crippen molar-refractivity contribution in [1.29, 1.82) is 0 Å². The third-order valence-corrected chi connectivity index (χ3v) is 5.35. The van der Waals surface area contributed by atoms with Crippen LogP contribution in [0.2, 0.25) is 0 Å². The first-order chi connectivity index (χ1) is 12.0. The summed E-state index contributed by atoms with van der Waals surface area (Å²) in [7, 11) is 0. The molecule has 6 nitrogen and oxygen atoms in total. The van der Waals surface area contributed by atoms with Crippen molar-refractivity contribution in [1.82, 2.24) is 9.96 Å². The van der Waals surface area contributed by atoms with Crippen LogP contribution in [-0.2, 0) is 20.2 Å². The van der Waals surface area contributed by atoms with E-state index in [1.807, 2.05) is 12.1 Å². The van der Waals surface area contributed by atoms with Gasteiger partial charge < -0.3 is 9.74 Å². The number of amides is 2. The van der Waals surface area contributed by atoms with Gasteiger partial charge in [-0.15, -0.1) is 5.06 Å². The van der Waals surface area contributed by atoms with Crippen LogP contribution in [-0.4, -0.2) is 45.2 Å². The van der Waals surface area contributed by atoms with Crippen LogP contribution < -0.4 is 0 Å². The van der Waals surface area contributed by atoms with Gasteiger partial charge in [0.25, 0.3) is 11.8 Å². The molecule has 1 aromatic carbocycles. The van der Waals surface area contributed by atoms with E-state index >= 15 is 0 Å². The molecule has 1 saturated heterocycles. The van der Waals surface area contributed by atoms with Crippen molar-refractivity contribution in [3.8, 4) is 0 Å². The number of hydrogen-bond acceptors (Lipinski definition) is 6. The Morgan fingerprint density at radius 2 is 1.72 bits per heavy atom. The summed E-state index contributed by atoms with van der Waals surface area (Å²) < 4.78 is 0.847. The fourth-order valence-electron chi connectivity index (χ4n) is 2.25. The second kappa shape index (κ2) is 8.96. The van der Waals surface area contributed by atoms with Gasteiger partial charge in [-0.25, -0.2) is 4.79 Å². The van der Waals surface area contributed by atoms with Gasteiger partial charge in [-0.1, -0.05) is 36.1 Å². The maximum atomic E-state index is 12.0. The highest BCUT2D eigenvalue weighted by Gasteiger charge is 2.33. The third kappa shape index (κ3) is 5.02. The Labute approximate surface area is 156 Å². The smallest absolute Gasteiger partial charge is 0.358 e. The Morgan fingerprint density at radius 1 is 1.16 bits per heavy atom. The largest absolute Gasteiger partial charge is 0.363 e. The zero-order valence-corrected chi connectivity index (χ0v) is 15.8. The quantitative estimate of drug-likeness (QED) is 0.555. The third-order valence-electron chi connectivity index (χ3n) is 3.75. The number of hydroxylamine groups is 2. The number of imide groups is 1. The van der Waals surface area contributed by atoms with Crippen molar-refractivity contribution in [3.05, 3.63) is 35.4 Å². The number of nitrogens with zero attached hydrogens (tertiary/aromatic N) is 2. The predicted molar refractivity (Wildman–Crippen MR) is 99.8 cm³/mol. The molecule has 2 rings (SSSR count). The summed E-state index contributed by atoms with van der Waals surface area (Å²) in [4.78, 5) is 42.0. The molecule has 0 bridgehead atoms. The second-order valence-electron chi connectivity index (χ2n) is 5.38. The van der Waals surface area contributed by atoms with E-state index in [0.717, 1.165) is 23.0 Å². The maximum absolute atomic E-state index is 12.0. The van der Waals surface area contributed by atoms with Crippen LogP contribution in [0, 0.1) is 0 Å². The van der Waals surface area contributed by atoms with Gasteiger partial charge in [-0.05, 0) is 31.5 Å². The Bertz CT molecular complexity index is 656. The molecule has 8 heteroatoms. The van der Waals surface area contributed by atoms with Gasteiger partial charge in [0.05, 0.1) is 5.56 Å². The van der Waals surface area contributed by atoms with Gasteiger partial charge in [0.1, 0.15) is 4.32 Å². The molecule has 2 amide bonds. The minimum Gasteiger partial charge on any atom is -0.358 e. The van der Waals surface area contributed by atoms with Crippen LogP contribution in [0.4, 0.5) is 0 Å². The summed E-state index contributed by atoms with van der Waals surface area (Å²) in [6.45, 7) is 5.88. The first-order valence-electron chi connectivity index (χ1n) is 8.05. The lowest BCUT2D eigenvalue weighted by atomic mass is 10.1. The van der Waals surface area contributed by atoms with Crippen molar-refractivity contribution >= 4 is 46.1 Å². The Kier molecular flexibility index (Phi) is 6.95. The SMILES string of the molecule is CCN(CC)C(=S)SCc1ccc(C(=O)ON2C(=O)CCC2=O)cc1. The zero-order chi connectivity index (χ0) is 18.4. The van der Waals surface area contributed by atoms with Gasteiger partial charge in [-0.2, -0.15) is 0 Å². The lowest BCUT2D eigenvalue weighted by Crippen LogP contribution is -2.32. The van der Waals surface area contributed by atoms with E-state index in [4.69, 9.17) is 17.1 Å². The molecule has 0 atom stereocenters. The molecule has 0 spiro atoms. The van der Waals surface area contributed by atoms with Crippen LogP contribution >= 0.6 is 24.0 Å². The fourth-order valence-corrected chi connectivity index (χ4v) is 3.61. The number of hydrogen-bond donors (Lipinski definition) is 0. The lowest BCUT2D eigenvalue weighted by Gasteiger charge is -2.20. The molecule has 1 fully saturated rings. The van der Waals surface area contributed by atoms with Crippen LogP contribution in [0.3, 0.4) is 0 Å². The summed E-state index contributed by atoms with van der Waals surface area (Å²) in [5.74, 6) is -0.998. The molecular weight excluding hydrogens is 360 g/mol. The maximum Gasteiger partial charge on any atom is 0.363 e. The summed E-state index contributed by atoms with van der Waals surface area (Å²) in [5.41, 5.74) is 1.30. The normalized spacial score (nSPS) is 13.9. The van der Waals surface area contributed by atoms with E-state index in [9.17, 15) is 14.4 Å². The first kappa shape index (κ1) is 19.4. The molecule has 0 unspecified atom stereocenters. The molecule has 1 aliphatic heterocycles. The van der Waals surface area contributed by atoms with Gasteiger partial charge in [0, 0.05) is 31.7 Å². The highest BCUT2D eigenvalue weighted by molar-refractivity contribution is 8.22. The average Bonchev–Trinajstić information content (AvgIpc) is 2.93. The first-order valence-corrected chi connectivity index (χ1v) is 9.44. The van der Waals surface area contributed by atoms with Crippen molar-refractivity contribution in [2.45, 2.75) is 32.4 Å². The number of carbonyl (C=O) groups is 3. The van der Waals surface area contributed by atoms with Crippen LogP contribution in [0.25, 0.3) is 0 Å². The molecule has 1 heterocycles. The highest BCUT2D eigenvalue weighted by atomic mass is 32.2. The number of thioether (sulfide) groups is 1. The second-order valence-corrected chi connectivity index (χ2v) is 6.99. The molecular formula is C17H20N2O4S2. The lowest BCUT2D eigenvalue weighted by molar-refractivity contribution is -0.172. The molecule has 0 saturated carbocycles. The van der Waals surface area contributed by atoms with Crippen LogP contribution in [0.15, 0.2) is 24.3 Å². The van der Waals surface area contributed by atoms with Gasteiger partial charge >= 0.3 is 5.97 Å². The number of rotatable bonds is 6. The van der Waals surface area contributed by atoms with Crippen molar-refractivity contribution < 1.29 is 19.2 Å². The number of benzene rings is 1. The summed E-state index contributed by atoms with van der Waals surface area (Å²) in [6.07, 6.45) is 0.156. The van der Waals surface area contributed by atoms with Crippen LogP contribution in [0.1, 0.15) is 42.6 Å². The van der Waals surface area contributed by atoms with Crippen molar-refractivity contribution in [3.63, 3.8) is 0 Å². The van der Waals surface area contributed by atoms with Gasteiger partial charge in [0.15, 0.2) is 0 Å². The predicted octanol–water partition coefficient (Wildman–Crippen LogP) is 2.77. The zero-order valence-electron chi connectivity index (χ0n) is 14.2. The Balaban J connectivity index is 1.91. The Hall–Kier alpha value is -1.93. The molecule has 1 aromatic rings. The van der Waals surface area contributed by atoms with Crippen molar-refractivity contribution in [2.75, 3.05) is 13.1 Å². The minimum atomic E-state index is -0.721. The summed E-state index contributed by atoms with van der Waals surface area (Å²) in [6, 6.07) is 6.84. The molecule has 25 heavy (non-hydrogen) atoms.